The normalized spacial score (nSPS) is 15.9. The Balaban J connectivity index is 1.65. The molecule has 1 aliphatic rings. The van der Waals surface area contributed by atoms with Gasteiger partial charge < -0.3 is 19.0 Å². The van der Waals surface area contributed by atoms with Crippen LogP contribution in [0, 0.1) is 0 Å². The predicted octanol–water partition coefficient (Wildman–Crippen LogP) is 4.14. The second kappa shape index (κ2) is 6.07. The lowest BCUT2D eigenvalue weighted by Crippen LogP contribution is -2.36. The van der Waals surface area contributed by atoms with Crippen molar-refractivity contribution in [2.75, 3.05) is 13.1 Å². The van der Waals surface area contributed by atoms with Crippen molar-refractivity contribution in [3.8, 4) is 0 Å². The molecule has 0 unspecified atom stereocenters. The molecule has 0 radical (unpaired) electrons. The van der Waals surface area contributed by atoms with Crippen molar-refractivity contribution in [2.45, 2.75) is 25.3 Å². The van der Waals surface area contributed by atoms with Crippen LogP contribution in [0.25, 0.3) is 10.9 Å². The summed E-state index contributed by atoms with van der Waals surface area (Å²) in [4.78, 5) is 12.6. The molecule has 5 nitrogen and oxygen atoms in total. The molecule has 2 aromatic heterocycles. The number of nitrogens with zero attached hydrogens (tertiary/aromatic N) is 2. The van der Waals surface area contributed by atoms with Crippen LogP contribution in [-0.2, 0) is 6.54 Å². The molecule has 1 amide bonds. The SMILES string of the molecule is O=C(O)N1CCC(c2cn(Cc3ccoc3)c3ccccc23)CC1. The van der Waals surface area contributed by atoms with Crippen LogP contribution in [0.3, 0.4) is 0 Å². The summed E-state index contributed by atoms with van der Waals surface area (Å²) in [5, 5.41) is 10.4. The van der Waals surface area contributed by atoms with Crippen LogP contribution in [0.4, 0.5) is 4.79 Å². The summed E-state index contributed by atoms with van der Waals surface area (Å²) in [6.07, 6.45) is 6.66. The highest BCUT2D eigenvalue weighted by atomic mass is 16.4. The van der Waals surface area contributed by atoms with Crippen molar-refractivity contribution in [1.29, 1.82) is 0 Å². The van der Waals surface area contributed by atoms with Gasteiger partial charge in [0.15, 0.2) is 0 Å². The number of fused-ring (bicyclic) bond motifs is 1. The highest BCUT2D eigenvalue weighted by molar-refractivity contribution is 5.84. The lowest BCUT2D eigenvalue weighted by Gasteiger charge is -2.29. The molecule has 0 spiro atoms. The van der Waals surface area contributed by atoms with Crippen LogP contribution in [0.2, 0.25) is 0 Å². The van der Waals surface area contributed by atoms with E-state index in [4.69, 9.17) is 9.52 Å². The molecule has 4 rings (SSSR count). The molecule has 5 heteroatoms. The molecule has 1 aliphatic heterocycles. The van der Waals surface area contributed by atoms with Crippen LogP contribution in [0.5, 0.6) is 0 Å². The Bertz CT molecular complexity index is 843. The highest BCUT2D eigenvalue weighted by Gasteiger charge is 2.25. The van der Waals surface area contributed by atoms with Gasteiger partial charge in [0.2, 0.25) is 0 Å². The number of hydrogen-bond donors (Lipinski definition) is 1. The molecule has 0 aliphatic carbocycles. The molecule has 1 aromatic carbocycles. The number of aromatic nitrogens is 1. The minimum Gasteiger partial charge on any atom is -0.472 e. The largest absolute Gasteiger partial charge is 0.472 e. The van der Waals surface area contributed by atoms with Crippen LogP contribution in [0.15, 0.2) is 53.5 Å². The fourth-order valence-electron chi connectivity index (χ4n) is 3.69. The Morgan fingerprint density at radius 1 is 1.21 bits per heavy atom. The van der Waals surface area contributed by atoms with Crippen molar-refractivity contribution in [2.24, 2.45) is 0 Å². The first-order valence-corrected chi connectivity index (χ1v) is 8.29. The van der Waals surface area contributed by atoms with E-state index in [1.807, 2.05) is 6.07 Å². The number of hydrogen-bond acceptors (Lipinski definition) is 2. The van der Waals surface area contributed by atoms with Gasteiger partial charge >= 0.3 is 6.09 Å². The van der Waals surface area contributed by atoms with E-state index < -0.39 is 6.09 Å². The lowest BCUT2D eigenvalue weighted by atomic mass is 9.89. The van der Waals surface area contributed by atoms with Gasteiger partial charge in [-0.05, 0) is 36.5 Å². The zero-order chi connectivity index (χ0) is 16.5. The Hall–Kier alpha value is -2.69. The zero-order valence-corrected chi connectivity index (χ0v) is 13.4. The molecule has 1 N–H and O–H groups in total. The minimum absolute atomic E-state index is 0.413. The third-order valence-electron chi connectivity index (χ3n) is 4.96. The number of rotatable bonds is 3. The van der Waals surface area contributed by atoms with E-state index in [9.17, 15) is 4.79 Å². The number of furan rings is 1. The van der Waals surface area contributed by atoms with E-state index in [2.05, 4.69) is 35.0 Å². The number of benzene rings is 1. The Kier molecular flexibility index (Phi) is 3.76. The average Bonchev–Trinajstić information content (AvgIpc) is 3.24. The summed E-state index contributed by atoms with van der Waals surface area (Å²) in [6.45, 7) is 2.01. The fraction of sp³-hybridized carbons (Fsp3) is 0.316. The van der Waals surface area contributed by atoms with Gasteiger partial charge in [-0.3, -0.25) is 0 Å². The smallest absolute Gasteiger partial charge is 0.407 e. The van der Waals surface area contributed by atoms with E-state index in [0.717, 1.165) is 24.9 Å². The predicted molar refractivity (Wildman–Crippen MR) is 91.3 cm³/mol. The molecule has 124 valence electrons. The summed E-state index contributed by atoms with van der Waals surface area (Å²) in [7, 11) is 0. The monoisotopic (exact) mass is 324 g/mol. The highest BCUT2D eigenvalue weighted by Crippen LogP contribution is 2.34. The van der Waals surface area contributed by atoms with E-state index in [0.29, 0.717) is 19.0 Å². The van der Waals surface area contributed by atoms with Crippen LogP contribution in [0.1, 0.15) is 29.9 Å². The lowest BCUT2D eigenvalue weighted by molar-refractivity contribution is 0.132. The molecule has 3 aromatic rings. The number of carboxylic acid groups (broad SMARTS) is 1. The van der Waals surface area contributed by atoms with E-state index in [-0.39, 0.29) is 0 Å². The van der Waals surface area contributed by atoms with Crippen molar-refractivity contribution in [1.82, 2.24) is 9.47 Å². The second-order valence-corrected chi connectivity index (χ2v) is 6.40. The first-order chi connectivity index (χ1) is 11.7. The van der Waals surface area contributed by atoms with Gasteiger partial charge in [-0.25, -0.2) is 4.79 Å². The quantitative estimate of drug-likeness (QED) is 0.787. The van der Waals surface area contributed by atoms with Crippen molar-refractivity contribution >= 4 is 17.0 Å². The zero-order valence-electron chi connectivity index (χ0n) is 13.4. The van der Waals surface area contributed by atoms with Crippen LogP contribution >= 0.6 is 0 Å². The molecule has 0 bridgehead atoms. The molecule has 1 fully saturated rings. The summed E-state index contributed by atoms with van der Waals surface area (Å²) >= 11 is 0. The van der Waals surface area contributed by atoms with Crippen molar-refractivity contribution < 1.29 is 14.3 Å². The van der Waals surface area contributed by atoms with Gasteiger partial charge in [-0.2, -0.15) is 0 Å². The maximum atomic E-state index is 11.1. The number of likely N-dealkylation sites (tertiary alicyclic amines) is 1. The molecule has 1 saturated heterocycles. The topological polar surface area (TPSA) is 58.6 Å². The number of piperidine rings is 1. The van der Waals surface area contributed by atoms with Crippen LogP contribution in [-0.4, -0.2) is 33.8 Å². The standard InChI is InChI=1S/C19H20N2O3/c22-19(23)20-8-5-15(6-9-20)17-12-21(11-14-7-10-24-13-14)18-4-2-1-3-16(17)18/h1-4,7,10,12-13,15H,5-6,8-9,11H2,(H,22,23). The minimum atomic E-state index is -0.809. The second-order valence-electron chi connectivity index (χ2n) is 6.40. The molecular formula is C19H20N2O3. The van der Waals surface area contributed by atoms with Crippen LogP contribution < -0.4 is 0 Å². The number of amides is 1. The maximum absolute atomic E-state index is 11.1. The first-order valence-electron chi connectivity index (χ1n) is 8.29. The van der Waals surface area contributed by atoms with Crippen molar-refractivity contribution in [3.63, 3.8) is 0 Å². The van der Waals surface area contributed by atoms with E-state index >= 15 is 0 Å². The van der Waals surface area contributed by atoms with Gasteiger partial charge in [-0.1, -0.05) is 18.2 Å². The molecular weight excluding hydrogens is 304 g/mol. The Morgan fingerprint density at radius 3 is 2.71 bits per heavy atom. The number of carbonyl (C=O) groups is 1. The molecule has 24 heavy (non-hydrogen) atoms. The summed E-state index contributed by atoms with van der Waals surface area (Å²) in [6, 6.07) is 10.4. The first kappa shape index (κ1) is 14.9. The summed E-state index contributed by atoms with van der Waals surface area (Å²) in [5.74, 6) is 0.413. The third-order valence-corrected chi connectivity index (χ3v) is 4.96. The van der Waals surface area contributed by atoms with Crippen molar-refractivity contribution in [3.05, 3.63) is 60.2 Å². The summed E-state index contributed by atoms with van der Waals surface area (Å²) < 4.78 is 7.44. The summed E-state index contributed by atoms with van der Waals surface area (Å²) in [5.41, 5.74) is 3.69. The Morgan fingerprint density at radius 2 is 2.00 bits per heavy atom. The molecule has 3 heterocycles. The maximum Gasteiger partial charge on any atom is 0.407 e. The van der Waals surface area contributed by atoms with E-state index in [1.54, 1.807) is 12.5 Å². The van der Waals surface area contributed by atoms with Gasteiger partial charge in [0.25, 0.3) is 0 Å². The van der Waals surface area contributed by atoms with E-state index in [1.165, 1.54) is 21.4 Å². The van der Waals surface area contributed by atoms with Gasteiger partial charge in [0.05, 0.1) is 19.1 Å². The molecule has 0 saturated carbocycles. The third kappa shape index (κ3) is 2.66. The number of para-hydroxylation sites is 1. The van der Waals surface area contributed by atoms with Gasteiger partial charge in [-0.15, -0.1) is 0 Å². The van der Waals surface area contributed by atoms with Gasteiger partial charge in [0, 0.05) is 35.8 Å². The average molecular weight is 324 g/mol. The molecule has 0 atom stereocenters. The Labute approximate surface area is 140 Å². The fourth-order valence-corrected chi connectivity index (χ4v) is 3.69. The van der Waals surface area contributed by atoms with Gasteiger partial charge in [0.1, 0.15) is 0 Å².